The molecule has 0 spiro atoms. The number of halogens is 5. The maximum Gasteiger partial charge on any atom is 0.573 e. The van der Waals surface area contributed by atoms with Crippen LogP contribution in [0.15, 0.2) is 42.5 Å². The van der Waals surface area contributed by atoms with Crippen molar-refractivity contribution in [1.82, 2.24) is 4.90 Å². The van der Waals surface area contributed by atoms with Crippen LogP contribution in [0.5, 0.6) is 5.75 Å². The van der Waals surface area contributed by atoms with E-state index >= 15 is 0 Å². The number of rotatable bonds is 6. The van der Waals surface area contributed by atoms with Gasteiger partial charge < -0.3 is 10.1 Å². The van der Waals surface area contributed by atoms with Gasteiger partial charge in [-0.05, 0) is 43.8 Å². The summed E-state index contributed by atoms with van der Waals surface area (Å²) in [6.45, 7) is 1.84. The first-order valence-electron chi connectivity index (χ1n) is 7.86. The van der Waals surface area contributed by atoms with Crippen LogP contribution in [0.4, 0.5) is 27.6 Å². The molecule has 0 aliphatic carbocycles. The third-order valence-corrected chi connectivity index (χ3v) is 3.82. The first kappa shape index (κ1) is 20.6. The summed E-state index contributed by atoms with van der Waals surface area (Å²) in [5, 5.41) is 2.37. The lowest BCUT2D eigenvalue weighted by Crippen LogP contribution is -2.39. The molecule has 0 fully saturated rings. The molecule has 0 heterocycles. The number of alkyl halides is 3. The molecule has 1 N–H and O–H groups in total. The van der Waals surface area contributed by atoms with Crippen LogP contribution in [0.1, 0.15) is 12.5 Å². The number of hydrogen-bond donors (Lipinski definition) is 1. The Morgan fingerprint density at radius 2 is 1.78 bits per heavy atom. The molecule has 0 saturated carbocycles. The predicted octanol–water partition coefficient (Wildman–Crippen LogP) is 4.32. The third-order valence-electron chi connectivity index (χ3n) is 3.82. The van der Waals surface area contributed by atoms with Crippen molar-refractivity contribution in [1.29, 1.82) is 0 Å². The van der Waals surface area contributed by atoms with E-state index in [0.29, 0.717) is 11.6 Å². The number of anilines is 1. The number of likely N-dealkylation sites (N-methyl/N-ethyl adjacent to an activating group) is 1. The summed E-state index contributed by atoms with van der Waals surface area (Å²) in [6, 6.07) is 7.37. The van der Waals surface area contributed by atoms with Gasteiger partial charge in [0, 0.05) is 12.6 Å². The van der Waals surface area contributed by atoms with E-state index in [2.05, 4.69) is 10.1 Å². The Morgan fingerprint density at radius 3 is 2.33 bits per heavy atom. The quantitative estimate of drug-likeness (QED) is 0.750. The van der Waals surface area contributed by atoms with Gasteiger partial charge >= 0.3 is 6.36 Å². The number of ether oxygens (including phenoxy) is 1. The summed E-state index contributed by atoms with van der Waals surface area (Å²) in [5.74, 6) is -2.50. The van der Waals surface area contributed by atoms with Crippen LogP contribution in [-0.2, 0) is 11.3 Å². The largest absolute Gasteiger partial charge is 0.573 e. The first-order chi connectivity index (χ1) is 12.5. The minimum absolute atomic E-state index is 0.143. The molecule has 0 aliphatic rings. The zero-order valence-corrected chi connectivity index (χ0v) is 14.5. The smallest absolute Gasteiger partial charge is 0.406 e. The van der Waals surface area contributed by atoms with Gasteiger partial charge in [-0.2, -0.15) is 0 Å². The topological polar surface area (TPSA) is 41.6 Å². The summed E-state index contributed by atoms with van der Waals surface area (Å²) in [6.07, 6.45) is -4.76. The van der Waals surface area contributed by atoms with Gasteiger partial charge in [-0.1, -0.05) is 12.1 Å². The number of nitrogens with zero attached hydrogens (tertiary/aromatic N) is 1. The maximum atomic E-state index is 13.6. The Hall–Kier alpha value is -2.68. The molecule has 4 nitrogen and oxygen atoms in total. The number of benzene rings is 2. The Balaban J connectivity index is 1.96. The molecule has 2 aromatic carbocycles. The van der Waals surface area contributed by atoms with Gasteiger partial charge in [0.1, 0.15) is 17.4 Å². The van der Waals surface area contributed by atoms with Crippen LogP contribution >= 0.6 is 0 Å². The van der Waals surface area contributed by atoms with Gasteiger partial charge in [-0.15, -0.1) is 13.2 Å². The number of carbonyl (C=O) groups excluding carboxylic acids is 1. The summed E-state index contributed by atoms with van der Waals surface area (Å²) in [4.78, 5) is 13.9. The molecule has 0 saturated heterocycles. The Bertz CT molecular complexity index is 793. The van der Waals surface area contributed by atoms with E-state index in [1.54, 1.807) is 18.9 Å². The van der Waals surface area contributed by atoms with E-state index < -0.39 is 29.9 Å². The molecular weight excluding hydrogens is 371 g/mol. The molecule has 1 amide bonds. The molecule has 9 heteroatoms. The standard InChI is InChI=1S/C18H17F5N2O2/c1-11(17(26)24-16-8-5-13(19)9-15(16)20)25(2)10-12-3-6-14(7-4-12)27-18(21,22)23/h3-9,11H,10H2,1-2H3,(H,24,26). The van der Waals surface area contributed by atoms with Gasteiger partial charge in [0.05, 0.1) is 11.7 Å². The lowest BCUT2D eigenvalue weighted by Gasteiger charge is -2.24. The van der Waals surface area contributed by atoms with Crippen LogP contribution in [0.25, 0.3) is 0 Å². The van der Waals surface area contributed by atoms with Gasteiger partial charge in [0.15, 0.2) is 0 Å². The lowest BCUT2D eigenvalue weighted by atomic mass is 10.1. The van der Waals surface area contributed by atoms with Crippen LogP contribution < -0.4 is 10.1 Å². The van der Waals surface area contributed by atoms with Crippen molar-refractivity contribution in [2.45, 2.75) is 25.9 Å². The zero-order valence-electron chi connectivity index (χ0n) is 14.5. The second kappa shape index (κ2) is 8.34. The van der Waals surface area contributed by atoms with Crippen LogP contribution in [-0.4, -0.2) is 30.3 Å². The van der Waals surface area contributed by atoms with E-state index in [0.717, 1.165) is 12.1 Å². The minimum atomic E-state index is -4.76. The molecule has 146 valence electrons. The zero-order chi connectivity index (χ0) is 20.2. The summed E-state index contributed by atoms with van der Waals surface area (Å²) < 4.78 is 66.8. The molecule has 1 unspecified atom stereocenters. The summed E-state index contributed by atoms with van der Waals surface area (Å²) >= 11 is 0. The molecule has 0 aliphatic heterocycles. The van der Waals surface area contributed by atoms with Gasteiger partial charge in [-0.25, -0.2) is 8.78 Å². The molecule has 1 atom stereocenters. The Labute approximate surface area is 152 Å². The normalized spacial score (nSPS) is 12.7. The second-order valence-electron chi connectivity index (χ2n) is 5.90. The average molecular weight is 388 g/mol. The maximum absolute atomic E-state index is 13.6. The van der Waals surface area contributed by atoms with Crippen molar-refractivity contribution in [2.75, 3.05) is 12.4 Å². The van der Waals surface area contributed by atoms with E-state index in [1.165, 1.54) is 24.3 Å². The monoisotopic (exact) mass is 388 g/mol. The highest BCUT2D eigenvalue weighted by Crippen LogP contribution is 2.23. The predicted molar refractivity (Wildman–Crippen MR) is 89.0 cm³/mol. The summed E-state index contributed by atoms with van der Waals surface area (Å²) in [7, 11) is 1.63. The molecule has 0 radical (unpaired) electrons. The van der Waals surface area contributed by atoms with Gasteiger partial charge in [0.2, 0.25) is 5.91 Å². The lowest BCUT2D eigenvalue weighted by molar-refractivity contribution is -0.274. The number of amides is 1. The van der Waals surface area contributed by atoms with Crippen molar-refractivity contribution >= 4 is 11.6 Å². The Morgan fingerprint density at radius 1 is 1.15 bits per heavy atom. The number of hydrogen-bond acceptors (Lipinski definition) is 3. The van der Waals surface area contributed by atoms with Crippen molar-refractivity contribution in [3.8, 4) is 5.75 Å². The van der Waals surface area contributed by atoms with E-state index in [-0.39, 0.29) is 18.0 Å². The van der Waals surface area contributed by atoms with Crippen LogP contribution in [0, 0.1) is 11.6 Å². The molecule has 2 aromatic rings. The van der Waals surface area contributed by atoms with Crippen LogP contribution in [0.2, 0.25) is 0 Å². The highest BCUT2D eigenvalue weighted by Gasteiger charge is 2.31. The fraction of sp³-hybridized carbons (Fsp3) is 0.278. The number of nitrogens with one attached hydrogen (secondary N) is 1. The van der Waals surface area contributed by atoms with Gasteiger partial charge in [-0.3, -0.25) is 9.69 Å². The highest BCUT2D eigenvalue weighted by molar-refractivity contribution is 5.94. The fourth-order valence-electron chi connectivity index (χ4n) is 2.25. The summed E-state index contributed by atoms with van der Waals surface area (Å²) in [5.41, 5.74) is 0.509. The molecule has 2 rings (SSSR count). The van der Waals surface area contributed by atoms with Crippen LogP contribution in [0.3, 0.4) is 0 Å². The van der Waals surface area contributed by atoms with E-state index in [4.69, 9.17) is 0 Å². The fourth-order valence-corrected chi connectivity index (χ4v) is 2.25. The van der Waals surface area contributed by atoms with Crippen molar-refractivity contribution in [3.05, 3.63) is 59.7 Å². The van der Waals surface area contributed by atoms with Crippen molar-refractivity contribution in [3.63, 3.8) is 0 Å². The van der Waals surface area contributed by atoms with Gasteiger partial charge in [0.25, 0.3) is 0 Å². The van der Waals surface area contributed by atoms with Crippen molar-refractivity contribution in [2.24, 2.45) is 0 Å². The highest BCUT2D eigenvalue weighted by atomic mass is 19.4. The first-order valence-corrected chi connectivity index (χ1v) is 7.86. The Kier molecular flexibility index (Phi) is 6.37. The second-order valence-corrected chi connectivity index (χ2v) is 5.90. The molecule has 27 heavy (non-hydrogen) atoms. The SMILES string of the molecule is CC(C(=O)Nc1ccc(F)cc1F)N(C)Cc1ccc(OC(F)(F)F)cc1. The van der Waals surface area contributed by atoms with E-state index in [9.17, 15) is 26.7 Å². The van der Waals surface area contributed by atoms with Crippen molar-refractivity contribution < 1.29 is 31.5 Å². The molecule has 0 aromatic heterocycles. The average Bonchev–Trinajstić information content (AvgIpc) is 2.57. The molecule has 0 bridgehead atoms. The third kappa shape index (κ3) is 6.21. The molecular formula is C18H17F5N2O2. The number of carbonyl (C=O) groups is 1. The van der Waals surface area contributed by atoms with E-state index in [1.807, 2.05) is 0 Å². The minimum Gasteiger partial charge on any atom is -0.406 e.